The number of anilines is 1. The number of rotatable bonds is 2. The van der Waals surface area contributed by atoms with Crippen molar-refractivity contribution in [2.75, 3.05) is 18.5 Å². The van der Waals surface area contributed by atoms with Crippen LogP contribution >= 0.6 is 0 Å². The van der Waals surface area contributed by atoms with Crippen molar-refractivity contribution in [3.05, 3.63) is 18.6 Å². The maximum Gasteiger partial charge on any atom is 0.147 e. The molecule has 1 aromatic rings. The van der Waals surface area contributed by atoms with Crippen molar-refractivity contribution in [1.82, 2.24) is 9.97 Å². The summed E-state index contributed by atoms with van der Waals surface area (Å²) in [4.78, 5) is 9.89. The van der Waals surface area contributed by atoms with E-state index in [9.17, 15) is 0 Å². The quantitative estimate of drug-likeness (QED) is 0.600. The van der Waals surface area contributed by atoms with Crippen molar-refractivity contribution in [3.63, 3.8) is 0 Å². The Morgan fingerprint density at radius 2 is 2.50 bits per heavy atom. The Morgan fingerprint density at radius 3 is 3.00 bits per heavy atom. The van der Waals surface area contributed by atoms with Crippen LogP contribution in [-0.4, -0.2) is 23.6 Å². The van der Waals surface area contributed by atoms with Crippen LogP contribution in [0, 0.1) is 6.20 Å². The summed E-state index contributed by atoms with van der Waals surface area (Å²) < 4.78 is 0. The zero-order valence-corrected chi connectivity index (χ0v) is 6.20. The Bertz CT molecular complexity index is 185. The predicted octanol–water partition coefficient (Wildman–Crippen LogP) is 0.733. The normalized spacial score (nSPS) is 9.40. The topological polar surface area (TPSA) is 29.0 Å². The van der Waals surface area contributed by atoms with E-state index in [2.05, 4.69) is 23.1 Å². The highest BCUT2D eigenvalue weighted by atomic mass is 15.2. The van der Waals surface area contributed by atoms with Gasteiger partial charge in [-0.1, -0.05) is 0 Å². The molecule has 0 aliphatic rings. The van der Waals surface area contributed by atoms with Gasteiger partial charge in [-0.25, -0.2) is 4.98 Å². The number of aromatic nitrogens is 2. The highest BCUT2D eigenvalue weighted by Gasteiger charge is 1.95. The first-order valence-electron chi connectivity index (χ1n) is 3.24. The maximum atomic E-state index is 3.99. The summed E-state index contributed by atoms with van der Waals surface area (Å²) in [6, 6.07) is 0. The summed E-state index contributed by atoms with van der Waals surface area (Å²) in [6.07, 6.45) is 5.94. The minimum absolute atomic E-state index is 0.866. The van der Waals surface area contributed by atoms with Crippen LogP contribution in [0.25, 0.3) is 0 Å². The molecule has 1 heterocycles. The van der Waals surface area contributed by atoms with Crippen molar-refractivity contribution in [2.24, 2.45) is 0 Å². The van der Waals surface area contributed by atoms with Gasteiger partial charge in [0.05, 0.1) is 12.4 Å². The van der Waals surface area contributed by atoms with Crippen molar-refractivity contribution < 1.29 is 0 Å². The second kappa shape index (κ2) is 3.15. The molecule has 0 saturated heterocycles. The van der Waals surface area contributed by atoms with Crippen LogP contribution in [0.15, 0.2) is 12.4 Å². The van der Waals surface area contributed by atoms with Crippen molar-refractivity contribution in [3.8, 4) is 0 Å². The Kier molecular flexibility index (Phi) is 2.20. The Balaban J connectivity index is 2.75. The number of hydrogen-bond donors (Lipinski definition) is 0. The lowest BCUT2D eigenvalue weighted by atomic mass is 10.5. The first-order chi connectivity index (χ1) is 4.84. The van der Waals surface area contributed by atoms with Crippen LogP contribution in [-0.2, 0) is 0 Å². The molecule has 0 aliphatic heterocycles. The third-order valence-corrected chi connectivity index (χ3v) is 1.37. The summed E-state index contributed by atoms with van der Waals surface area (Å²) >= 11 is 0. The molecule has 3 nitrogen and oxygen atoms in total. The second-order valence-corrected chi connectivity index (χ2v) is 2.02. The van der Waals surface area contributed by atoms with E-state index in [-0.39, 0.29) is 0 Å². The molecular formula is C7H10N3. The lowest BCUT2D eigenvalue weighted by molar-refractivity contribution is 0.926. The van der Waals surface area contributed by atoms with E-state index < -0.39 is 0 Å². The van der Waals surface area contributed by atoms with Gasteiger partial charge in [-0.15, -0.1) is 0 Å². The van der Waals surface area contributed by atoms with Crippen LogP contribution in [0.1, 0.15) is 6.92 Å². The van der Waals surface area contributed by atoms with E-state index in [0.29, 0.717) is 0 Å². The molecule has 0 atom stereocenters. The van der Waals surface area contributed by atoms with Crippen molar-refractivity contribution >= 4 is 5.82 Å². The zero-order valence-electron chi connectivity index (χ0n) is 6.20. The van der Waals surface area contributed by atoms with Crippen molar-refractivity contribution in [1.29, 1.82) is 0 Å². The van der Waals surface area contributed by atoms with E-state index in [0.717, 1.165) is 12.4 Å². The van der Waals surface area contributed by atoms with Gasteiger partial charge in [0.15, 0.2) is 0 Å². The minimum atomic E-state index is 0.866. The fourth-order valence-corrected chi connectivity index (χ4v) is 0.607. The number of nitrogens with zero attached hydrogens (tertiary/aromatic N) is 3. The summed E-state index contributed by atoms with van der Waals surface area (Å²) in [5.41, 5.74) is 0. The van der Waals surface area contributed by atoms with Gasteiger partial charge < -0.3 is 4.90 Å². The van der Waals surface area contributed by atoms with Gasteiger partial charge in [-0.3, -0.25) is 4.98 Å². The largest absolute Gasteiger partial charge is 0.359 e. The fourth-order valence-electron chi connectivity index (χ4n) is 0.607. The fraction of sp³-hybridized carbons (Fsp3) is 0.429. The number of hydrogen-bond acceptors (Lipinski definition) is 3. The smallest absolute Gasteiger partial charge is 0.147 e. The van der Waals surface area contributed by atoms with Gasteiger partial charge in [0.1, 0.15) is 12.0 Å². The molecule has 1 radical (unpaired) electrons. The third-order valence-electron chi connectivity index (χ3n) is 1.37. The SMILES string of the molecule is CCN(C)c1cnc[c]n1. The molecule has 0 aromatic carbocycles. The van der Waals surface area contributed by atoms with E-state index in [1.54, 1.807) is 12.4 Å². The van der Waals surface area contributed by atoms with E-state index in [1.165, 1.54) is 0 Å². The highest BCUT2D eigenvalue weighted by molar-refractivity contribution is 5.32. The van der Waals surface area contributed by atoms with Gasteiger partial charge in [-0.05, 0) is 6.92 Å². The monoisotopic (exact) mass is 136 g/mol. The summed E-state index contributed by atoms with van der Waals surface area (Å²) in [5, 5.41) is 0. The molecule has 10 heavy (non-hydrogen) atoms. The lowest BCUT2D eigenvalue weighted by Gasteiger charge is -2.13. The molecule has 1 rings (SSSR count). The molecule has 0 N–H and O–H groups in total. The van der Waals surface area contributed by atoms with Gasteiger partial charge >= 0.3 is 0 Å². The van der Waals surface area contributed by atoms with Gasteiger partial charge in [0.2, 0.25) is 0 Å². The zero-order chi connectivity index (χ0) is 7.40. The predicted molar refractivity (Wildman–Crippen MR) is 39.8 cm³/mol. The standard InChI is InChI=1S/C7H10N3/c1-3-10(2)7-6-8-4-5-9-7/h4,6H,3H2,1-2H3. The Hall–Kier alpha value is -1.12. The summed E-state index contributed by atoms with van der Waals surface area (Å²) in [7, 11) is 1.97. The first-order valence-corrected chi connectivity index (χ1v) is 3.24. The average Bonchev–Trinajstić information content (AvgIpc) is 2.05. The van der Waals surface area contributed by atoms with Crippen molar-refractivity contribution in [2.45, 2.75) is 6.92 Å². The molecule has 0 fully saturated rings. The molecule has 0 amide bonds. The maximum absolute atomic E-state index is 3.99. The average molecular weight is 136 g/mol. The third kappa shape index (κ3) is 1.43. The first kappa shape index (κ1) is 6.99. The van der Waals surface area contributed by atoms with Crippen LogP contribution in [0.4, 0.5) is 5.82 Å². The molecule has 0 spiro atoms. The van der Waals surface area contributed by atoms with E-state index >= 15 is 0 Å². The van der Waals surface area contributed by atoms with Gasteiger partial charge in [0.25, 0.3) is 0 Å². The molecule has 0 saturated carbocycles. The van der Waals surface area contributed by atoms with Crippen LogP contribution in [0.5, 0.6) is 0 Å². The van der Waals surface area contributed by atoms with Crippen LogP contribution in [0.3, 0.4) is 0 Å². The lowest BCUT2D eigenvalue weighted by Crippen LogP contribution is -2.16. The molecule has 53 valence electrons. The Morgan fingerprint density at radius 1 is 1.70 bits per heavy atom. The Labute approximate surface area is 60.7 Å². The van der Waals surface area contributed by atoms with E-state index in [4.69, 9.17) is 0 Å². The summed E-state index contributed by atoms with van der Waals surface area (Å²) in [5.74, 6) is 0.866. The van der Waals surface area contributed by atoms with Crippen LogP contribution < -0.4 is 4.90 Å². The molecule has 0 aliphatic carbocycles. The van der Waals surface area contributed by atoms with Gasteiger partial charge in [-0.2, -0.15) is 0 Å². The van der Waals surface area contributed by atoms with Crippen LogP contribution in [0.2, 0.25) is 0 Å². The molecule has 3 heteroatoms. The molecular weight excluding hydrogens is 126 g/mol. The van der Waals surface area contributed by atoms with E-state index in [1.807, 2.05) is 11.9 Å². The minimum Gasteiger partial charge on any atom is -0.359 e. The highest BCUT2D eigenvalue weighted by Crippen LogP contribution is 2.01. The van der Waals surface area contributed by atoms with Gasteiger partial charge in [0, 0.05) is 13.6 Å². The molecule has 1 aromatic heterocycles. The second-order valence-electron chi connectivity index (χ2n) is 2.02. The molecule has 0 bridgehead atoms. The molecule has 0 unspecified atom stereocenters. The summed E-state index contributed by atoms with van der Waals surface area (Å²) in [6.45, 7) is 3.00.